The van der Waals surface area contributed by atoms with Crippen LogP contribution in [-0.4, -0.2) is 17.1 Å². The van der Waals surface area contributed by atoms with Crippen molar-refractivity contribution in [3.63, 3.8) is 0 Å². The fourth-order valence-electron chi connectivity index (χ4n) is 1.51. The first-order valence-corrected chi connectivity index (χ1v) is 3.89. The summed E-state index contributed by atoms with van der Waals surface area (Å²) in [5.41, 5.74) is 4.62. The predicted molar refractivity (Wildman–Crippen MR) is 42.1 cm³/mol. The van der Waals surface area contributed by atoms with Crippen LogP contribution in [0.15, 0.2) is 12.4 Å². The molecule has 1 saturated carbocycles. The van der Waals surface area contributed by atoms with Gasteiger partial charge >= 0.3 is 5.97 Å². The van der Waals surface area contributed by atoms with Gasteiger partial charge in [0.1, 0.15) is 0 Å². The minimum Gasteiger partial charge on any atom is -0.481 e. The van der Waals surface area contributed by atoms with Crippen molar-refractivity contribution in [3.05, 3.63) is 12.4 Å². The fraction of sp³-hybridized carbons (Fsp3) is 0.625. The molecule has 0 aromatic carbocycles. The first kappa shape index (κ1) is 9.19. The van der Waals surface area contributed by atoms with Gasteiger partial charge in [0.05, 0.1) is 11.7 Å². The van der Waals surface area contributed by atoms with Crippen LogP contribution in [0.1, 0.15) is 19.3 Å². The Bertz CT molecular complexity index is 211. The lowest BCUT2D eigenvalue weighted by atomic mass is 9.64. The molecule has 0 heterocycles. The molecule has 0 aromatic heterocycles. The number of halogens is 1. The summed E-state index contributed by atoms with van der Waals surface area (Å²) in [6, 6.07) is -0.700. The summed E-state index contributed by atoms with van der Waals surface area (Å²) in [6.45, 7) is 0. The molecule has 1 fully saturated rings. The van der Waals surface area contributed by atoms with Gasteiger partial charge in [-0.1, -0.05) is 6.42 Å². The lowest BCUT2D eigenvalue weighted by Gasteiger charge is -2.40. The average molecular weight is 173 g/mol. The van der Waals surface area contributed by atoms with Crippen LogP contribution in [0.25, 0.3) is 0 Å². The van der Waals surface area contributed by atoms with Gasteiger partial charge in [0, 0.05) is 6.04 Å². The van der Waals surface area contributed by atoms with E-state index in [0.717, 1.165) is 12.5 Å². The van der Waals surface area contributed by atoms with Gasteiger partial charge in [-0.05, 0) is 18.9 Å². The zero-order valence-electron chi connectivity index (χ0n) is 6.66. The van der Waals surface area contributed by atoms with E-state index in [4.69, 9.17) is 10.8 Å². The van der Waals surface area contributed by atoms with Crippen LogP contribution in [0.3, 0.4) is 0 Å². The number of hydrogen-bond acceptors (Lipinski definition) is 2. The molecule has 0 spiro atoms. The molecule has 0 amide bonds. The van der Waals surface area contributed by atoms with E-state index in [0.29, 0.717) is 19.2 Å². The fourth-order valence-corrected chi connectivity index (χ4v) is 1.51. The summed E-state index contributed by atoms with van der Waals surface area (Å²) >= 11 is 0. The topological polar surface area (TPSA) is 63.3 Å². The van der Waals surface area contributed by atoms with E-state index in [2.05, 4.69) is 0 Å². The largest absolute Gasteiger partial charge is 0.481 e. The molecule has 12 heavy (non-hydrogen) atoms. The van der Waals surface area contributed by atoms with Crippen LogP contribution in [0.4, 0.5) is 4.39 Å². The molecule has 0 bridgehead atoms. The second kappa shape index (κ2) is 3.23. The Morgan fingerprint density at radius 3 is 2.50 bits per heavy atom. The summed E-state index contributed by atoms with van der Waals surface area (Å²) in [6.07, 6.45) is 3.38. The molecule has 3 nitrogen and oxygen atoms in total. The molecule has 1 atom stereocenters. The van der Waals surface area contributed by atoms with E-state index in [1.165, 1.54) is 0 Å². The predicted octanol–water partition coefficient (Wildman–Crippen LogP) is 1.05. The molecule has 0 aromatic rings. The Morgan fingerprint density at radius 1 is 1.67 bits per heavy atom. The van der Waals surface area contributed by atoms with Gasteiger partial charge in [-0.15, -0.1) is 0 Å². The monoisotopic (exact) mass is 173 g/mol. The van der Waals surface area contributed by atoms with E-state index in [-0.39, 0.29) is 0 Å². The smallest absolute Gasteiger partial charge is 0.311 e. The highest BCUT2D eigenvalue weighted by Crippen LogP contribution is 2.43. The molecule has 0 aliphatic heterocycles. The van der Waals surface area contributed by atoms with Crippen molar-refractivity contribution in [2.75, 3.05) is 0 Å². The number of carboxylic acids is 1. The van der Waals surface area contributed by atoms with Crippen LogP contribution >= 0.6 is 0 Å². The molecule has 68 valence electrons. The van der Waals surface area contributed by atoms with Gasteiger partial charge in [0.15, 0.2) is 0 Å². The third-order valence-corrected chi connectivity index (χ3v) is 2.59. The third kappa shape index (κ3) is 1.22. The van der Waals surface area contributed by atoms with Gasteiger partial charge < -0.3 is 10.8 Å². The average Bonchev–Trinajstić information content (AvgIpc) is 1.83. The van der Waals surface area contributed by atoms with Crippen molar-refractivity contribution < 1.29 is 14.3 Å². The number of rotatable bonds is 3. The summed E-state index contributed by atoms with van der Waals surface area (Å²) < 4.78 is 11.7. The van der Waals surface area contributed by atoms with Gasteiger partial charge in [-0.3, -0.25) is 4.79 Å². The highest BCUT2D eigenvalue weighted by atomic mass is 19.1. The second-order valence-electron chi connectivity index (χ2n) is 3.16. The Hall–Kier alpha value is -0.900. The molecule has 1 rings (SSSR count). The Morgan fingerprint density at radius 2 is 2.25 bits per heavy atom. The standard InChI is InChI=1S/C8H12FNO2/c9-5-2-6(10)8(7(11)12)3-1-4-8/h2,5-6H,1,3-4,10H2,(H,11,12)/b5-2+. The van der Waals surface area contributed by atoms with Crippen molar-refractivity contribution in [2.24, 2.45) is 11.1 Å². The Kier molecular flexibility index (Phi) is 2.47. The maximum atomic E-state index is 11.7. The first-order chi connectivity index (χ1) is 5.63. The van der Waals surface area contributed by atoms with Crippen LogP contribution in [0.5, 0.6) is 0 Å². The molecule has 3 N–H and O–H groups in total. The molecule has 1 aliphatic carbocycles. The SMILES string of the molecule is NC(/C=C/F)C1(C(=O)O)CCC1. The summed E-state index contributed by atoms with van der Waals surface area (Å²) in [5.74, 6) is -0.917. The summed E-state index contributed by atoms with van der Waals surface area (Å²) in [7, 11) is 0. The van der Waals surface area contributed by atoms with Crippen molar-refractivity contribution in [2.45, 2.75) is 25.3 Å². The van der Waals surface area contributed by atoms with E-state index >= 15 is 0 Å². The van der Waals surface area contributed by atoms with E-state index in [1.807, 2.05) is 0 Å². The minimum absolute atomic E-state index is 0.313. The van der Waals surface area contributed by atoms with Crippen LogP contribution in [-0.2, 0) is 4.79 Å². The van der Waals surface area contributed by atoms with Crippen molar-refractivity contribution >= 4 is 5.97 Å². The van der Waals surface area contributed by atoms with Crippen molar-refractivity contribution in [1.29, 1.82) is 0 Å². The van der Waals surface area contributed by atoms with E-state index < -0.39 is 17.4 Å². The van der Waals surface area contributed by atoms with Crippen LogP contribution in [0.2, 0.25) is 0 Å². The maximum absolute atomic E-state index is 11.7. The first-order valence-electron chi connectivity index (χ1n) is 3.89. The van der Waals surface area contributed by atoms with Gasteiger partial charge in [0.25, 0.3) is 0 Å². The highest BCUT2D eigenvalue weighted by Gasteiger charge is 2.48. The lowest BCUT2D eigenvalue weighted by molar-refractivity contribution is -0.155. The molecule has 0 radical (unpaired) electrons. The van der Waals surface area contributed by atoms with Gasteiger partial charge in [-0.2, -0.15) is 0 Å². The van der Waals surface area contributed by atoms with E-state index in [1.54, 1.807) is 0 Å². The quantitative estimate of drug-likeness (QED) is 0.670. The minimum atomic E-state index is -0.917. The number of carboxylic acid groups (broad SMARTS) is 1. The van der Waals surface area contributed by atoms with Crippen molar-refractivity contribution in [1.82, 2.24) is 0 Å². The third-order valence-electron chi connectivity index (χ3n) is 2.59. The summed E-state index contributed by atoms with van der Waals surface area (Å²) in [5, 5.41) is 8.84. The number of carbonyl (C=O) groups is 1. The lowest BCUT2D eigenvalue weighted by Crippen LogP contribution is -2.51. The normalized spacial score (nSPS) is 23.5. The zero-order valence-corrected chi connectivity index (χ0v) is 6.66. The van der Waals surface area contributed by atoms with Crippen LogP contribution < -0.4 is 5.73 Å². The molecule has 1 aliphatic rings. The molecular formula is C8H12FNO2. The maximum Gasteiger partial charge on any atom is 0.311 e. The number of aliphatic carboxylic acids is 1. The Labute approximate surface area is 70.1 Å². The molecule has 1 unspecified atom stereocenters. The molecular weight excluding hydrogens is 161 g/mol. The number of hydrogen-bond donors (Lipinski definition) is 2. The van der Waals surface area contributed by atoms with E-state index in [9.17, 15) is 9.18 Å². The van der Waals surface area contributed by atoms with Gasteiger partial charge in [-0.25, -0.2) is 4.39 Å². The number of nitrogens with two attached hydrogens (primary N) is 1. The molecule has 4 heteroatoms. The Balaban J connectivity index is 2.73. The molecule has 0 saturated heterocycles. The van der Waals surface area contributed by atoms with Crippen LogP contribution in [0, 0.1) is 5.41 Å². The summed E-state index contributed by atoms with van der Waals surface area (Å²) in [4.78, 5) is 10.8. The zero-order chi connectivity index (χ0) is 9.19. The van der Waals surface area contributed by atoms with Gasteiger partial charge in [0.2, 0.25) is 0 Å². The highest BCUT2D eigenvalue weighted by molar-refractivity contribution is 5.77. The van der Waals surface area contributed by atoms with Crippen molar-refractivity contribution in [3.8, 4) is 0 Å². The second-order valence-corrected chi connectivity index (χ2v) is 3.16.